The number of aliphatic hydroxyl groups excluding tert-OH is 1. The summed E-state index contributed by atoms with van der Waals surface area (Å²) in [6.45, 7) is 3.04. The number of aliphatic hydroxyl groups is 1. The Morgan fingerprint density at radius 3 is 2.56 bits per heavy atom. The highest BCUT2D eigenvalue weighted by molar-refractivity contribution is 5.80. The number of carboxylic acids is 1. The third-order valence-electron chi connectivity index (χ3n) is 3.46. The van der Waals surface area contributed by atoms with E-state index in [0.717, 1.165) is 0 Å². The summed E-state index contributed by atoms with van der Waals surface area (Å²) < 4.78 is 5.35. The molecule has 18 heavy (non-hydrogen) atoms. The fraction of sp³-hybridized carbons (Fsp3) is 0.818. The predicted molar refractivity (Wildman–Crippen MR) is 61.1 cm³/mol. The van der Waals surface area contributed by atoms with Crippen molar-refractivity contribution in [2.75, 3.05) is 32.8 Å². The molecule has 7 nitrogen and oxygen atoms in total. The number of morpholine rings is 1. The molecule has 0 spiro atoms. The average Bonchev–Trinajstić information content (AvgIpc) is 2.27. The van der Waals surface area contributed by atoms with Crippen molar-refractivity contribution in [1.29, 1.82) is 0 Å². The van der Waals surface area contributed by atoms with Gasteiger partial charge in [0.1, 0.15) is 0 Å². The minimum atomic E-state index is -0.859. The number of aliphatic carboxylic acids is 1. The second-order valence-corrected chi connectivity index (χ2v) is 4.86. The summed E-state index contributed by atoms with van der Waals surface area (Å²) in [6, 6.07) is -0.217. The number of carbonyl (C=O) groups excluding carboxylic acids is 1. The number of carbonyl (C=O) groups is 2. The molecule has 0 aromatic carbocycles. The van der Waals surface area contributed by atoms with Gasteiger partial charge in [-0.25, -0.2) is 4.79 Å². The summed E-state index contributed by atoms with van der Waals surface area (Å²) in [5.74, 6) is -1.30. The Bertz CT molecular complexity index is 342. The molecule has 0 aliphatic carbocycles. The lowest BCUT2D eigenvalue weighted by Gasteiger charge is -2.44. The number of carboxylic acid groups (broad SMARTS) is 1. The topological polar surface area (TPSA) is 90.3 Å². The molecule has 2 atom stereocenters. The number of hydrogen-bond donors (Lipinski definition) is 2. The Labute approximate surface area is 105 Å². The number of nitrogens with zero attached hydrogens (tertiary/aromatic N) is 2. The van der Waals surface area contributed by atoms with E-state index >= 15 is 0 Å². The summed E-state index contributed by atoms with van der Waals surface area (Å²) in [7, 11) is 0. The number of rotatable bonds is 2. The molecule has 0 bridgehead atoms. The van der Waals surface area contributed by atoms with E-state index < -0.39 is 11.9 Å². The number of amides is 2. The second kappa shape index (κ2) is 5.11. The van der Waals surface area contributed by atoms with Crippen molar-refractivity contribution in [3.8, 4) is 0 Å². The summed E-state index contributed by atoms with van der Waals surface area (Å²) in [4.78, 5) is 26.0. The minimum Gasteiger partial charge on any atom is -0.481 e. The molecule has 2 heterocycles. The minimum absolute atomic E-state index is 0.0517. The maximum absolute atomic E-state index is 12.1. The Hall–Kier alpha value is -1.34. The molecule has 2 saturated heterocycles. The summed E-state index contributed by atoms with van der Waals surface area (Å²) in [5.41, 5.74) is 0. The van der Waals surface area contributed by atoms with E-state index in [-0.39, 0.29) is 37.9 Å². The van der Waals surface area contributed by atoms with Gasteiger partial charge in [0.15, 0.2) is 0 Å². The zero-order valence-corrected chi connectivity index (χ0v) is 10.3. The van der Waals surface area contributed by atoms with E-state index in [2.05, 4.69) is 0 Å². The van der Waals surface area contributed by atoms with Crippen molar-refractivity contribution in [2.24, 2.45) is 5.92 Å². The fourth-order valence-electron chi connectivity index (χ4n) is 2.17. The van der Waals surface area contributed by atoms with Crippen LogP contribution in [-0.4, -0.2) is 77.0 Å². The molecule has 0 aromatic heterocycles. The summed E-state index contributed by atoms with van der Waals surface area (Å²) >= 11 is 0. The van der Waals surface area contributed by atoms with Gasteiger partial charge in [0.2, 0.25) is 0 Å². The van der Waals surface area contributed by atoms with Gasteiger partial charge in [-0.05, 0) is 6.92 Å². The lowest BCUT2D eigenvalue weighted by atomic mass is 10.0. The van der Waals surface area contributed by atoms with Crippen LogP contribution in [0.1, 0.15) is 6.92 Å². The van der Waals surface area contributed by atoms with Gasteiger partial charge in [-0.2, -0.15) is 0 Å². The number of likely N-dealkylation sites (tertiary alicyclic amines) is 1. The van der Waals surface area contributed by atoms with E-state index in [1.54, 1.807) is 4.90 Å². The van der Waals surface area contributed by atoms with Crippen molar-refractivity contribution in [2.45, 2.75) is 19.1 Å². The third-order valence-corrected chi connectivity index (χ3v) is 3.46. The lowest BCUT2D eigenvalue weighted by Crippen LogP contribution is -2.61. The first kappa shape index (κ1) is 13.1. The Kier molecular flexibility index (Phi) is 3.72. The zero-order valence-electron chi connectivity index (χ0n) is 10.3. The van der Waals surface area contributed by atoms with Gasteiger partial charge in [0, 0.05) is 13.1 Å². The van der Waals surface area contributed by atoms with E-state index in [1.807, 2.05) is 6.92 Å². The van der Waals surface area contributed by atoms with Gasteiger partial charge in [-0.1, -0.05) is 0 Å². The normalized spacial score (nSPS) is 29.0. The van der Waals surface area contributed by atoms with Crippen molar-refractivity contribution >= 4 is 12.0 Å². The highest BCUT2D eigenvalue weighted by Crippen LogP contribution is 2.21. The monoisotopic (exact) mass is 258 g/mol. The molecule has 0 aromatic rings. The molecule has 2 aliphatic rings. The molecular formula is C11H18N2O5. The van der Waals surface area contributed by atoms with Crippen LogP contribution in [0.4, 0.5) is 4.79 Å². The van der Waals surface area contributed by atoms with Crippen molar-refractivity contribution in [3.05, 3.63) is 0 Å². The molecule has 2 unspecified atom stereocenters. The molecule has 2 rings (SSSR count). The Balaban J connectivity index is 1.90. The molecule has 2 aliphatic heterocycles. The number of urea groups is 1. The number of ether oxygens (including phenoxy) is 1. The first-order valence-electron chi connectivity index (χ1n) is 6.03. The lowest BCUT2D eigenvalue weighted by molar-refractivity contribution is -0.146. The molecule has 102 valence electrons. The number of hydrogen-bond acceptors (Lipinski definition) is 4. The highest BCUT2D eigenvalue weighted by Gasteiger charge is 2.40. The molecule has 2 fully saturated rings. The van der Waals surface area contributed by atoms with Crippen LogP contribution in [0.5, 0.6) is 0 Å². The van der Waals surface area contributed by atoms with Crippen LogP contribution in [0, 0.1) is 5.92 Å². The highest BCUT2D eigenvalue weighted by atomic mass is 16.5. The smallest absolute Gasteiger partial charge is 0.320 e. The first-order chi connectivity index (χ1) is 8.52. The van der Waals surface area contributed by atoms with E-state index in [0.29, 0.717) is 13.2 Å². The van der Waals surface area contributed by atoms with Crippen LogP contribution in [0.25, 0.3) is 0 Å². The maximum atomic E-state index is 12.1. The van der Waals surface area contributed by atoms with Crippen LogP contribution in [0.15, 0.2) is 0 Å². The van der Waals surface area contributed by atoms with E-state index in [4.69, 9.17) is 14.9 Å². The first-order valence-corrected chi connectivity index (χ1v) is 6.03. The molecule has 0 saturated carbocycles. The SMILES string of the molecule is CC1COC(CO)CN1C(=O)N1CC(C(=O)O)C1. The predicted octanol–water partition coefficient (Wildman–Crippen LogP) is -0.796. The van der Waals surface area contributed by atoms with Crippen LogP contribution >= 0.6 is 0 Å². The van der Waals surface area contributed by atoms with Gasteiger partial charge < -0.3 is 24.7 Å². The largest absolute Gasteiger partial charge is 0.481 e. The van der Waals surface area contributed by atoms with Crippen LogP contribution < -0.4 is 0 Å². The van der Waals surface area contributed by atoms with Crippen molar-refractivity contribution < 1.29 is 24.5 Å². The van der Waals surface area contributed by atoms with Gasteiger partial charge >= 0.3 is 12.0 Å². The molecule has 2 amide bonds. The summed E-state index contributed by atoms with van der Waals surface area (Å²) in [6.07, 6.45) is -0.346. The quantitative estimate of drug-likeness (QED) is 0.677. The Morgan fingerprint density at radius 1 is 1.33 bits per heavy atom. The molecular weight excluding hydrogens is 240 g/mol. The Morgan fingerprint density at radius 2 is 2.00 bits per heavy atom. The summed E-state index contributed by atoms with van der Waals surface area (Å²) in [5, 5.41) is 17.8. The standard InChI is InChI=1S/C11H18N2O5/c1-7-6-18-9(5-14)4-13(7)11(17)12-2-8(3-12)10(15)16/h7-9,14H,2-6H2,1H3,(H,15,16). The van der Waals surface area contributed by atoms with Gasteiger partial charge in [-0.3, -0.25) is 4.79 Å². The average molecular weight is 258 g/mol. The van der Waals surface area contributed by atoms with Crippen LogP contribution in [0.3, 0.4) is 0 Å². The van der Waals surface area contributed by atoms with E-state index in [1.165, 1.54) is 4.90 Å². The maximum Gasteiger partial charge on any atom is 0.320 e. The van der Waals surface area contributed by atoms with Crippen LogP contribution in [0.2, 0.25) is 0 Å². The molecule has 0 radical (unpaired) electrons. The molecule has 7 heteroatoms. The van der Waals surface area contributed by atoms with Gasteiger partial charge in [0.05, 0.1) is 37.8 Å². The fourth-order valence-corrected chi connectivity index (χ4v) is 2.17. The second-order valence-electron chi connectivity index (χ2n) is 4.86. The van der Waals surface area contributed by atoms with Gasteiger partial charge in [0.25, 0.3) is 0 Å². The molecule has 2 N–H and O–H groups in total. The third kappa shape index (κ3) is 2.41. The zero-order chi connectivity index (χ0) is 13.3. The van der Waals surface area contributed by atoms with Gasteiger partial charge in [-0.15, -0.1) is 0 Å². The van der Waals surface area contributed by atoms with Crippen molar-refractivity contribution in [1.82, 2.24) is 9.80 Å². The van der Waals surface area contributed by atoms with E-state index in [9.17, 15) is 9.59 Å². The van der Waals surface area contributed by atoms with Crippen LogP contribution in [-0.2, 0) is 9.53 Å². The van der Waals surface area contributed by atoms with Crippen molar-refractivity contribution in [3.63, 3.8) is 0 Å².